The number of sulfonamides is 1. The Bertz CT molecular complexity index is 814. The molecule has 1 aromatic carbocycles. The molecule has 1 spiro atoms. The molecule has 0 N–H and O–H groups in total. The highest BCUT2D eigenvalue weighted by molar-refractivity contribution is 7.88. The molecule has 3 aliphatic rings. The molecular formula is C21H31N3O4S. The van der Waals surface area contributed by atoms with E-state index in [2.05, 4.69) is 34.1 Å². The van der Waals surface area contributed by atoms with E-state index >= 15 is 0 Å². The minimum atomic E-state index is -3.18. The number of rotatable bonds is 5. The summed E-state index contributed by atoms with van der Waals surface area (Å²) in [6.07, 6.45) is 3.93. The van der Waals surface area contributed by atoms with Crippen LogP contribution in [0.2, 0.25) is 0 Å². The second-order valence-corrected chi connectivity index (χ2v) is 10.6. The van der Waals surface area contributed by atoms with E-state index in [-0.39, 0.29) is 12.1 Å². The normalized spacial score (nSPS) is 26.0. The Morgan fingerprint density at radius 1 is 1.03 bits per heavy atom. The Morgan fingerprint density at radius 3 is 2.31 bits per heavy atom. The van der Waals surface area contributed by atoms with Crippen molar-refractivity contribution >= 4 is 21.7 Å². The van der Waals surface area contributed by atoms with Crippen molar-refractivity contribution in [2.75, 3.05) is 57.0 Å². The molecule has 0 bridgehead atoms. The molecule has 3 fully saturated rings. The summed E-state index contributed by atoms with van der Waals surface area (Å²) in [6.45, 7) is 5.84. The maximum atomic E-state index is 12.6. The number of carbonyl (C=O) groups excluding carboxylic acids is 1. The van der Waals surface area contributed by atoms with Gasteiger partial charge in [-0.15, -0.1) is 0 Å². The standard InChI is InChI=1S/C21H31N3O4S/c1-29(26,27)24-11-8-21(9-12-24)17-19(28-20(21)25)7-10-22-13-15-23(16-14-22)18-5-3-2-4-6-18/h2-6,19H,7-17H2,1H3/t19-/m0/s1. The Labute approximate surface area is 173 Å². The van der Waals surface area contributed by atoms with E-state index in [4.69, 9.17) is 4.74 Å². The van der Waals surface area contributed by atoms with Gasteiger partial charge in [-0.25, -0.2) is 12.7 Å². The fraction of sp³-hybridized carbons (Fsp3) is 0.667. The number of anilines is 1. The van der Waals surface area contributed by atoms with Gasteiger partial charge in [-0.2, -0.15) is 0 Å². The zero-order valence-corrected chi connectivity index (χ0v) is 17.9. The van der Waals surface area contributed by atoms with Crippen LogP contribution in [-0.2, 0) is 19.6 Å². The molecular weight excluding hydrogens is 390 g/mol. The Hall–Kier alpha value is -1.64. The van der Waals surface area contributed by atoms with E-state index in [0.29, 0.717) is 25.9 Å². The van der Waals surface area contributed by atoms with Gasteiger partial charge in [0.1, 0.15) is 6.10 Å². The van der Waals surface area contributed by atoms with Crippen molar-refractivity contribution in [3.8, 4) is 0 Å². The van der Waals surface area contributed by atoms with E-state index in [0.717, 1.165) is 45.6 Å². The van der Waals surface area contributed by atoms with Crippen molar-refractivity contribution in [2.24, 2.45) is 5.41 Å². The van der Waals surface area contributed by atoms with E-state index in [1.165, 1.54) is 16.2 Å². The van der Waals surface area contributed by atoms with Crippen LogP contribution in [0.15, 0.2) is 30.3 Å². The summed E-state index contributed by atoms with van der Waals surface area (Å²) in [5.74, 6) is -0.121. The second-order valence-electron chi connectivity index (χ2n) is 8.63. The van der Waals surface area contributed by atoms with Gasteiger partial charge < -0.3 is 9.64 Å². The van der Waals surface area contributed by atoms with Crippen molar-refractivity contribution in [1.82, 2.24) is 9.21 Å². The third kappa shape index (κ3) is 4.59. The van der Waals surface area contributed by atoms with Gasteiger partial charge in [-0.05, 0) is 31.4 Å². The topological polar surface area (TPSA) is 70.2 Å². The summed E-state index contributed by atoms with van der Waals surface area (Å²) >= 11 is 0. The first-order valence-electron chi connectivity index (χ1n) is 10.5. The molecule has 0 saturated carbocycles. The largest absolute Gasteiger partial charge is 0.462 e. The molecule has 0 amide bonds. The van der Waals surface area contributed by atoms with Gasteiger partial charge in [0.15, 0.2) is 0 Å². The number of piperazine rings is 1. The predicted octanol–water partition coefficient (Wildman–Crippen LogP) is 1.56. The number of hydrogen-bond acceptors (Lipinski definition) is 6. The highest BCUT2D eigenvalue weighted by atomic mass is 32.2. The number of cyclic esters (lactones) is 1. The van der Waals surface area contributed by atoms with Gasteiger partial charge in [-0.1, -0.05) is 18.2 Å². The Morgan fingerprint density at radius 2 is 1.69 bits per heavy atom. The average Bonchev–Trinajstić information content (AvgIpc) is 3.02. The van der Waals surface area contributed by atoms with Gasteiger partial charge in [0, 0.05) is 57.9 Å². The smallest absolute Gasteiger partial charge is 0.312 e. The summed E-state index contributed by atoms with van der Waals surface area (Å²) < 4.78 is 30.6. The molecule has 29 heavy (non-hydrogen) atoms. The molecule has 1 atom stereocenters. The van der Waals surface area contributed by atoms with Crippen molar-refractivity contribution < 1.29 is 17.9 Å². The van der Waals surface area contributed by atoms with E-state index < -0.39 is 15.4 Å². The summed E-state index contributed by atoms with van der Waals surface area (Å²) in [4.78, 5) is 17.4. The number of carbonyl (C=O) groups is 1. The summed E-state index contributed by atoms with van der Waals surface area (Å²) in [6, 6.07) is 10.5. The molecule has 3 aliphatic heterocycles. The van der Waals surface area contributed by atoms with Crippen LogP contribution in [0.5, 0.6) is 0 Å². The zero-order chi connectivity index (χ0) is 20.5. The Balaban J connectivity index is 1.23. The van der Waals surface area contributed by atoms with Crippen molar-refractivity contribution in [3.63, 3.8) is 0 Å². The number of nitrogens with zero attached hydrogens (tertiary/aromatic N) is 3. The lowest BCUT2D eigenvalue weighted by Gasteiger charge is -2.36. The molecule has 8 heteroatoms. The highest BCUT2D eigenvalue weighted by Gasteiger charge is 2.51. The number of para-hydroxylation sites is 1. The molecule has 3 heterocycles. The minimum absolute atomic E-state index is 0.0422. The first-order valence-corrected chi connectivity index (χ1v) is 12.4. The third-order valence-corrected chi connectivity index (χ3v) is 8.04. The minimum Gasteiger partial charge on any atom is -0.462 e. The highest BCUT2D eigenvalue weighted by Crippen LogP contribution is 2.44. The number of benzene rings is 1. The van der Waals surface area contributed by atoms with Crippen LogP contribution in [0, 0.1) is 5.41 Å². The van der Waals surface area contributed by atoms with Crippen molar-refractivity contribution in [1.29, 1.82) is 0 Å². The molecule has 0 radical (unpaired) electrons. The summed E-state index contributed by atoms with van der Waals surface area (Å²) in [5, 5.41) is 0. The van der Waals surface area contributed by atoms with Crippen molar-refractivity contribution in [3.05, 3.63) is 30.3 Å². The van der Waals surface area contributed by atoms with Crippen LogP contribution in [-0.4, -0.2) is 81.8 Å². The molecule has 7 nitrogen and oxygen atoms in total. The zero-order valence-electron chi connectivity index (χ0n) is 17.1. The second kappa shape index (κ2) is 8.24. The molecule has 3 saturated heterocycles. The third-order valence-electron chi connectivity index (χ3n) is 6.73. The van der Waals surface area contributed by atoms with Crippen LogP contribution in [0.25, 0.3) is 0 Å². The van der Waals surface area contributed by atoms with E-state index in [1.807, 2.05) is 6.07 Å². The van der Waals surface area contributed by atoms with Crippen LogP contribution in [0.3, 0.4) is 0 Å². The lowest BCUT2D eigenvalue weighted by atomic mass is 9.76. The number of piperidine rings is 1. The SMILES string of the molecule is CS(=O)(=O)N1CCC2(CC1)C[C@H](CCN1CCN(c3ccccc3)CC1)OC2=O. The van der Waals surface area contributed by atoms with Crippen molar-refractivity contribution in [2.45, 2.75) is 31.8 Å². The van der Waals surface area contributed by atoms with Crippen LogP contribution >= 0.6 is 0 Å². The van der Waals surface area contributed by atoms with Gasteiger partial charge >= 0.3 is 5.97 Å². The number of ether oxygens (including phenoxy) is 1. The fourth-order valence-corrected chi connectivity index (χ4v) is 5.69. The van der Waals surface area contributed by atoms with Crippen LogP contribution in [0.1, 0.15) is 25.7 Å². The van der Waals surface area contributed by atoms with Gasteiger partial charge in [-0.3, -0.25) is 9.69 Å². The van der Waals surface area contributed by atoms with E-state index in [9.17, 15) is 13.2 Å². The van der Waals surface area contributed by atoms with Crippen LogP contribution in [0.4, 0.5) is 5.69 Å². The number of esters is 1. The maximum absolute atomic E-state index is 12.6. The lowest BCUT2D eigenvalue weighted by Crippen LogP contribution is -2.47. The summed E-state index contributed by atoms with van der Waals surface area (Å²) in [7, 11) is -3.18. The van der Waals surface area contributed by atoms with Crippen LogP contribution < -0.4 is 4.90 Å². The fourth-order valence-electron chi connectivity index (χ4n) is 4.85. The maximum Gasteiger partial charge on any atom is 0.312 e. The van der Waals surface area contributed by atoms with Gasteiger partial charge in [0.25, 0.3) is 0 Å². The first-order chi connectivity index (χ1) is 13.9. The first kappa shape index (κ1) is 20.6. The average molecular weight is 422 g/mol. The summed E-state index contributed by atoms with van der Waals surface area (Å²) in [5.41, 5.74) is 0.803. The molecule has 0 aromatic heterocycles. The monoisotopic (exact) mass is 421 g/mol. The number of hydrogen-bond donors (Lipinski definition) is 0. The Kier molecular flexibility index (Phi) is 5.86. The van der Waals surface area contributed by atoms with Gasteiger partial charge in [0.2, 0.25) is 10.0 Å². The molecule has 160 valence electrons. The molecule has 0 aliphatic carbocycles. The molecule has 1 aromatic rings. The molecule has 4 rings (SSSR count). The lowest BCUT2D eigenvalue weighted by molar-refractivity contribution is -0.150. The van der Waals surface area contributed by atoms with E-state index in [1.54, 1.807) is 0 Å². The predicted molar refractivity (Wildman–Crippen MR) is 112 cm³/mol. The van der Waals surface area contributed by atoms with Gasteiger partial charge in [0.05, 0.1) is 11.7 Å². The molecule has 0 unspecified atom stereocenters. The quantitative estimate of drug-likeness (QED) is 0.672.